The Morgan fingerprint density at radius 3 is 0.708 bits per heavy atom. The van der Waals surface area contributed by atoms with E-state index in [2.05, 4.69) is 0 Å². The van der Waals surface area contributed by atoms with Crippen molar-refractivity contribution in [3.63, 3.8) is 0 Å². The summed E-state index contributed by atoms with van der Waals surface area (Å²) in [4.78, 5) is 0. The second kappa shape index (κ2) is 18.2. The summed E-state index contributed by atoms with van der Waals surface area (Å²) in [6.07, 6.45) is 0. The van der Waals surface area contributed by atoms with Crippen molar-refractivity contribution < 1.29 is 16.8 Å². The highest BCUT2D eigenvalue weighted by atomic mass is 33.1. The van der Waals surface area contributed by atoms with Gasteiger partial charge in [-0.05, 0) is 106 Å². The minimum Gasteiger partial charge on any atom is -0.399 e. The lowest BCUT2D eigenvalue weighted by molar-refractivity contribution is 0.603. The van der Waals surface area contributed by atoms with E-state index in [1.54, 1.807) is 0 Å². The van der Waals surface area contributed by atoms with E-state index >= 15 is 0 Å². The van der Waals surface area contributed by atoms with Crippen LogP contribution in [0.4, 0.5) is 34.1 Å². The molecule has 0 aliphatic carbocycles. The van der Waals surface area contributed by atoms with Crippen LogP contribution in [0.25, 0.3) is 33.4 Å². The van der Waals surface area contributed by atoms with Crippen molar-refractivity contribution in [2.45, 2.75) is 0 Å². The van der Waals surface area contributed by atoms with E-state index in [1.165, 1.54) is 0 Å². The molecule has 6 aromatic carbocycles. The summed E-state index contributed by atoms with van der Waals surface area (Å²) in [7, 11) is -6.41. The molecule has 0 aliphatic rings. The molecule has 0 unspecified atom stereocenters. The first-order valence-corrected chi connectivity index (χ1v) is 17.4. The van der Waals surface area contributed by atoms with Gasteiger partial charge in [-0.2, -0.15) is 0 Å². The van der Waals surface area contributed by atoms with Crippen molar-refractivity contribution in [1.82, 2.24) is 0 Å². The van der Waals surface area contributed by atoms with Crippen LogP contribution in [0.15, 0.2) is 146 Å². The fourth-order valence-corrected chi connectivity index (χ4v) is 4.14. The zero-order valence-corrected chi connectivity index (χ0v) is 27.6. The summed E-state index contributed by atoms with van der Waals surface area (Å²) in [6, 6.07) is 46.7. The van der Waals surface area contributed by atoms with E-state index in [0.717, 1.165) is 67.5 Å². The highest BCUT2D eigenvalue weighted by Crippen LogP contribution is 2.24. The average Bonchev–Trinajstić information content (AvgIpc) is 3.07. The minimum atomic E-state index is -3.21. The van der Waals surface area contributed by atoms with E-state index < -0.39 is 19.5 Å². The van der Waals surface area contributed by atoms with Gasteiger partial charge in [-0.3, -0.25) is 0 Å². The number of rotatable bonds is 4. The smallest absolute Gasteiger partial charge is 0.241 e. The molecule has 0 heterocycles. The second-order valence-corrected chi connectivity index (χ2v) is 13.1. The molecule has 6 aromatic rings. The maximum atomic E-state index is 9.14. The van der Waals surface area contributed by atoms with E-state index in [4.69, 9.17) is 51.2 Å². The first kappa shape index (κ1) is 36.5. The zero-order chi connectivity index (χ0) is 35.1. The zero-order valence-electron chi connectivity index (χ0n) is 25.8. The minimum absolute atomic E-state index is 0.776. The number of benzene rings is 6. The lowest BCUT2D eigenvalue weighted by atomic mass is 10.1. The molecular weight excluding hydrogens is 645 g/mol. The summed E-state index contributed by atoms with van der Waals surface area (Å²) in [5.74, 6) is 0. The van der Waals surface area contributed by atoms with Crippen LogP contribution in [-0.2, 0) is 19.5 Å². The van der Waals surface area contributed by atoms with Gasteiger partial charge >= 0.3 is 0 Å². The fourth-order valence-electron chi connectivity index (χ4n) is 4.14. The Balaban J connectivity index is 0.000000180. The van der Waals surface area contributed by atoms with Gasteiger partial charge in [0.25, 0.3) is 0 Å². The summed E-state index contributed by atoms with van der Waals surface area (Å²) >= 11 is 0. The van der Waals surface area contributed by atoms with Gasteiger partial charge in [0.05, 0.1) is 0 Å². The average molecular weight is 683 g/mol. The van der Waals surface area contributed by atoms with E-state index in [1.807, 2.05) is 146 Å². The summed E-state index contributed by atoms with van der Waals surface area (Å²) in [5.41, 5.74) is 45.3. The first-order chi connectivity index (χ1) is 22.9. The second-order valence-electron chi connectivity index (χ2n) is 10.2. The molecule has 10 nitrogen and oxygen atoms in total. The third-order valence-corrected chi connectivity index (χ3v) is 7.62. The Bertz CT molecular complexity index is 1880. The Kier molecular flexibility index (Phi) is 13.9. The van der Waals surface area contributed by atoms with Gasteiger partial charge < -0.3 is 34.4 Å². The molecule has 0 bridgehead atoms. The Labute approximate surface area is 282 Å². The monoisotopic (exact) mass is 682 g/mol. The Morgan fingerprint density at radius 1 is 0.271 bits per heavy atom. The van der Waals surface area contributed by atoms with Gasteiger partial charge in [0.2, 0.25) is 19.5 Å². The highest BCUT2D eigenvalue weighted by Gasteiger charge is 1.98. The first-order valence-electron chi connectivity index (χ1n) is 14.3. The Hall–Kier alpha value is -5.98. The van der Waals surface area contributed by atoms with Gasteiger partial charge in [0.1, 0.15) is 0 Å². The van der Waals surface area contributed by atoms with Crippen LogP contribution in [-0.4, -0.2) is 16.8 Å². The molecule has 0 fully saturated rings. The molecule has 12 heteroatoms. The van der Waals surface area contributed by atoms with Crippen molar-refractivity contribution in [3.05, 3.63) is 146 Å². The standard InChI is InChI=1S/3C12H12N2.H2O4S2/c13-11-5-1-9(2-6-11)10-3-7-12(14)8-4-10;2*13-11-6-4-9(5-7-11)10-2-1-3-12(14)8-10;1-5(2)6(3)4/h3*1-8H,13-14H2;5-6H. The number of hydrogen-bond acceptors (Lipinski definition) is 10. The number of thiol groups is 2. The van der Waals surface area contributed by atoms with Gasteiger partial charge in [0, 0.05) is 34.1 Å². The third kappa shape index (κ3) is 12.4. The van der Waals surface area contributed by atoms with Crippen LogP contribution >= 0.6 is 0 Å². The molecule has 0 aliphatic heterocycles. The van der Waals surface area contributed by atoms with E-state index in [-0.39, 0.29) is 0 Å². The predicted octanol–water partition coefficient (Wildman–Crippen LogP) is 5.68. The quantitative estimate of drug-likeness (QED) is 0.0645. The highest BCUT2D eigenvalue weighted by molar-refractivity contribution is 8.50. The molecule has 0 saturated carbocycles. The van der Waals surface area contributed by atoms with Crippen LogP contribution in [0.2, 0.25) is 0 Å². The van der Waals surface area contributed by atoms with Crippen LogP contribution in [0.5, 0.6) is 0 Å². The van der Waals surface area contributed by atoms with Crippen molar-refractivity contribution in [2.75, 3.05) is 34.4 Å². The van der Waals surface area contributed by atoms with Crippen molar-refractivity contribution >= 4 is 53.6 Å². The van der Waals surface area contributed by atoms with E-state index in [0.29, 0.717) is 0 Å². The maximum absolute atomic E-state index is 9.14. The van der Waals surface area contributed by atoms with Crippen molar-refractivity contribution in [2.24, 2.45) is 0 Å². The van der Waals surface area contributed by atoms with Crippen LogP contribution < -0.4 is 34.4 Å². The van der Waals surface area contributed by atoms with E-state index in [9.17, 15) is 0 Å². The topological polar surface area (TPSA) is 224 Å². The lowest BCUT2D eigenvalue weighted by Crippen LogP contribution is -1.86. The van der Waals surface area contributed by atoms with Crippen molar-refractivity contribution in [1.29, 1.82) is 0 Å². The third-order valence-electron chi connectivity index (χ3n) is 6.55. The van der Waals surface area contributed by atoms with Gasteiger partial charge in [-0.15, -0.1) is 0 Å². The summed E-state index contributed by atoms with van der Waals surface area (Å²) in [6.45, 7) is 0. The van der Waals surface area contributed by atoms with Gasteiger partial charge in [-0.25, -0.2) is 16.8 Å². The van der Waals surface area contributed by atoms with Gasteiger partial charge in [0.15, 0.2) is 0 Å². The largest absolute Gasteiger partial charge is 0.399 e. The SMILES string of the molecule is Nc1ccc(-c2ccc(N)cc2)cc1.Nc1ccc(-c2cccc(N)c2)cc1.Nc1ccc(-c2cccc(N)c2)cc1.O=[SH](=O)[SH](=O)=O. The Morgan fingerprint density at radius 2 is 0.500 bits per heavy atom. The van der Waals surface area contributed by atoms with Crippen molar-refractivity contribution in [3.8, 4) is 33.4 Å². The van der Waals surface area contributed by atoms with Crippen LogP contribution in [0, 0.1) is 0 Å². The van der Waals surface area contributed by atoms with Crippen LogP contribution in [0.3, 0.4) is 0 Å². The number of nitrogen functional groups attached to an aromatic ring is 6. The molecule has 0 radical (unpaired) electrons. The summed E-state index contributed by atoms with van der Waals surface area (Å²) in [5, 5.41) is 0. The summed E-state index contributed by atoms with van der Waals surface area (Å²) < 4.78 is 36.6. The molecule has 0 aromatic heterocycles. The number of nitrogens with two attached hydrogens (primary N) is 6. The molecule has 0 atom stereocenters. The molecule has 248 valence electrons. The van der Waals surface area contributed by atoms with Gasteiger partial charge in [-0.1, -0.05) is 72.8 Å². The number of anilines is 6. The lowest BCUT2D eigenvalue weighted by Gasteiger charge is -2.02. The maximum Gasteiger partial charge on any atom is 0.241 e. The molecule has 6 rings (SSSR count). The molecular formula is C36H38N6O4S2. The normalized spacial score (nSPS) is 10.0. The predicted molar refractivity (Wildman–Crippen MR) is 203 cm³/mol. The molecule has 0 saturated heterocycles. The number of hydrogen-bond donors (Lipinski definition) is 8. The molecule has 12 N–H and O–H groups in total. The van der Waals surface area contributed by atoms with Crippen LogP contribution in [0.1, 0.15) is 0 Å². The molecule has 48 heavy (non-hydrogen) atoms. The molecule has 0 amide bonds. The molecule has 0 spiro atoms. The fraction of sp³-hybridized carbons (Fsp3) is 0.